The molecule has 3 aromatic rings. The maximum Gasteiger partial charge on any atom is 0.470 e. The van der Waals surface area contributed by atoms with Gasteiger partial charge in [-0.2, -0.15) is 13.2 Å². The van der Waals surface area contributed by atoms with Crippen molar-refractivity contribution >= 4 is 46.5 Å². The molecule has 1 saturated carbocycles. The van der Waals surface area contributed by atoms with Gasteiger partial charge in [0.1, 0.15) is 5.82 Å². The Kier molecular flexibility index (Phi) is 8.24. The van der Waals surface area contributed by atoms with Crippen LogP contribution in [0.1, 0.15) is 57.3 Å². The lowest BCUT2D eigenvalue weighted by molar-refractivity contribution is -0.157. The van der Waals surface area contributed by atoms with E-state index in [0.717, 1.165) is 17.1 Å². The number of amides is 3. The number of likely N-dealkylation sites (N-methyl/N-ethyl adjacent to an activating group) is 1. The lowest BCUT2D eigenvalue weighted by atomic mass is 9.82. The van der Waals surface area contributed by atoms with Crippen molar-refractivity contribution in [2.75, 3.05) is 18.9 Å². The number of carbonyl (C=O) groups excluding carboxylic acids is 3. The molecule has 0 unspecified atom stereocenters. The summed E-state index contributed by atoms with van der Waals surface area (Å²) >= 11 is 7.05. The van der Waals surface area contributed by atoms with E-state index >= 15 is 0 Å². The van der Waals surface area contributed by atoms with Gasteiger partial charge in [0.15, 0.2) is 5.01 Å². The zero-order chi connectivity index (χ0) is 29.3. The normalized spacial score (nSPS) is 21.1. The van der Waals surface area contributed by atoms with E-state index in [9.17, 15) is 27.6 Å². The summed E-state index contributed by atoms with van der Waals surface area (Å²) < 4.78 is 44.0. The van der Waals surface area contributed by atoms with Gasteiger partial charge >= 0.3 is 23.9 Å². The van der Waals surface area contributed by atoms with Gasteiger partial charge in [0.2, 0.25) is 5.89 Å². The van der Waals surface area contributed by atoms with E-state index in [1.54, 1.807) is 0 Å². The molecule has 3 atom stereocenters. The van der Waals surface area contributed by atoms with Crippen LogP contribution in [-0.4, -0.2) is 68.5 Å². The average molecular weight is 613 g/mol. The quantitative estimate of drug-likeness (QED) is 0.369. The molecule has 0 saturated heterocycles. The molecule has 1 aliphatic heterocycles. The van der Waals surface area contributed by atoms with Gasteiger partial charge in [-0.25, -0.2) is 9.97 Å². The molecular weight excluding hydrogens is 589 g/mol. The van der Waals surface area contributed by atoms with Crippen LogP contribution in [0.25, 0.3) is 0 Å². The molecule has 0 bridgehead atoms. The van der Waals surface area contributed by atoms with E-state index in [-0.39, 0.29) is 36.0 Å². The number of hydrogen-bond acceptors (Lipinski definition) is 10. The molecule has 1 fully saturated rings. The predicted molar refractivity (Wildman–Crippen MR) is 139 cm³/mol. The zero-order valence-corrected chi connectivity index (χ0v) is 23.1. The first-order chi connectivity index (χ1) is 19.5. The van der Waals surface area contributed by atoms with Gasteiger partial charge in [-0.15, -0.1) is 21.5 Å². The highest BCUT2D eigenvalue weighted by atomic mass is 35.5. The number of fused-ring (bicyclic) bond motifs is 1. The largest absolute Gasteiger partial charge is 0.470 e. The molecule has 1 aliphatic carbocycles. The molecule has 0 aromatic carbocycles. The SMILES string of the molecule is CN1CCc2nc(C(=O)N[C@@H]3C[C@@H](c4nnc(C(F)(F)F)o4)CC[C@@H]3NC(=O)C(=O)Nc3ccc(Cl)cn3)sc2C1. The van der Waals surface area contributed by atoms with E-state index in [2.05, 4.69) is 41.0 Å². The van der Waals surface area contributed by atoms with Crippen molar-refractivity contribution in [1.29, 1.82) is 0 Å². The van der Waals surface area contributed by atoms with Crippen LogP contribution in [0.2, 0.25) is 5.02 Å². The number of nitrogens with zero attached hydrogens (tertiary/aromatic N) is 5. The van der Waals surface area contributed by atoms with E-state index in [1.807, 2.05) is 7.05 Å². The number of thiazole rings is 1. The fourth-order valence-corrected chi connectivity index (χ4v) is 5.95. The van der Waals surface area contributed by atoms with E-state index in [1.165, 1.54) is 29.7 Å². The molecule has 5 rings (SSSR count). The zero-order valence-electron chi connectivity index (χ0n) is 21.5. The number of aromatic nitrogens is 4. The number of carbonyl (C=O) groups is 3. The predicted octanol–water partition coefficient (Wildman–Crippen LogP) is 2.77. The molecule has 2 aliphatic rings. The summed E-state index contributed by atoms with van der Waals surface area (Å²) in [5.41, 5.74) is 0.850. The standard InChI is InChI=1S/C24H24ClF3N8O4S/c1-36-7-6-14-16(10-36)41-22(32-14)20(39)31-15-8-11(21-34-35-23(40-21)24(26,27)28)2-4-13(15)30-18(37)19(38)33-17-5-3-12(25)9-29-17/h3,5,9,11,13,15H,2,4,6-8,10H2,1H3,(H,30,37)(H,31,39)(H,29,33,38)/t11-,13-,15+/m0/s1. The third kappa shape index (κ3) is 6.82. The van der Waals surface area contributed by atoms with Gasteiger partial charge in [0.05, 0.1) is 16.8 Å². The molecule has 3 N–H and O–H groups in total. The van der Waals surface area contributed by atoms with Crippen molar-refractivity contribution in [3.63, 3.8) is 0 Å². The number of anilines is 1. The van der Waals surface area contributed by atoms with Gasteiger partial charge < -0.3 is 25.3 Å². The Morgan fingerprint density at radius 2 is 1.93 bits per heavy atom. The van der Waals surface area contributed by atoms with Crippen LogP contribution in [0.3, 0.4) is 0 Å². The lowest BCUT2D eigenvalue weighted by Gasteiger charge is -2.35. The Balaban J connectivity index is 1.31. The maximum absolute atomic E-state index is 13.2. The highest BCUT2D eigenvalue weighted by molar-refractivity contribution is 7.13. The highest BCUT2D eigenvalue weighted by Crippen LogP contribution is 2.36. The second-order valence-electron chi connectivity index (χ2n) is 9.81. The molecule has 12 nitrogen and oxygen atoms in total. The minimum absolute atomic E-state index is 0.0738. The summed E-state index contributed by atoms with van der Waals surface area (Å²) in [7, 11) is 1.97. The van der Waals surface area contributed by atoms with E-state index < -0.39 is 47.8 Å². The second kappa shape index (κ2) is 11.7. The monoisotopic (exact) mass is 612 g/mol. The van der Waals surface area contributed by atoms with Crippen LogP contribution < -0.4 is 16.0 Å². The topological polar surface area (TPSA) is 155 Å². The molecular formula is C24H24ClF3N8O4S. The van der Waals surface area contributed by atoms with Crippen LogP contribution in [-0.2, 0) is 28.7 Å². The summed E-state index contributed by atoms with van der Waals surface area (Å²) in [5.74, 6) is -4.66. The molecule has 41 heavy (non-hydrogen) atoms. The van der Waals surface area contributed by atoms with Crippen LogP contribution in [0.5, 0.6) is 0 Å². The molecule has 3 amide bonds. The van der Waals surface area contributed by atoms with Gasteiger partial charge in [-0.3, -0.25) is 14.4 Å². The van der Waals surface area contributed by atoms with E-state index in [0.29, 0.717) is 18.0 Å². The van der Waals surface area contributed by atoms with Gasteiger partial charge in [0.25, 0.3) is 5.91 Å². The number of pyridine rings is 1. The molecule has 0 radical (unpaired) electrons. The second-order valence-corrected chi connectivity index (χ2v) is 11.3. The first-order valence-corrected chi connectivity index (χ1v) is 13.8. The minimum atomic E-state index is -4.80. The Labute approximate surface area is 240 Å². The Morgan fingerprint density at radius 3 is 2.63 bits per heavy atom. The van der Waals surface area contributed by atoms with Crippen molar-refractivity contribution in [3.8, 4) is 0 Å². The Morgan fingerprint density at radius 1 is 1.12 bits per heavy atom. The van der Waals surface area contributed by atoms with Crippen LogP contribution >= 0.6 is 22.9 Å². The van der Waals surface area contributed by atoms with Gasteiger partial charge in [0, 0.05) is 42.5 Å². The highest BCUT2D eigenvalue weighted by Gasteiger charge is 2.41. The Hall–Kier alpha value is -3.63. The lowest BCUT2D eigenvalue weighted by Crippen LogP contribution is -2.56. The van der Waals surface area contributed by atoms with Crippen LogP contribution in [0.4, 0.5) is 19.0 Å². The first kappa shape index (κ1) is 28.9. The fourth-order valence-electron chi connectivity index (χ4n) is 4.75. The van der Waals surface area contributed by atoms with Crippen LogP contribution in [0, 0.1) is 0 Å². The molecule has 218 valence electrons. The van der Waals surface area contributed by atoms with Crippen LogP contribution in [0.15, 0.2) is 22.7 Å². The van der Waals surface area contributed by atoms with Gasteiger partial charge in [-0.05, 0) is 38.4 Å². The minimum Gasteiger partial charge on any atom is -0.417 e. The first-order valence-electron chi connectivity index (χ1n) is 12.6. The van der Waals surface area contributed by atoms with Gasteiger partial charge in [-0.1, -0.05) is 11.6 Å². The Bertz CT molecular complexity index is 1450. The van der Waals surface area contributed by atoms with E-state index in [4.69, 9.17) is 16.0 Å². The van der Waals surface area contributed by atoms with Crippen molar-refractivity contribution in [1.82, 2.24) is 35.7 Å². The van der Waals surface area contributed by atoms with Crippen molar-refractivity contribution in [2.24, 2.45) is 0 Å². The molecule has 17 heteroatoms. The summed E-state index contributed by atoms with van der Waals surface area (Å²) in [4.78, 5) is 50.0. The molecule has 0 spiro atoms. The number of hydrogen-bond donors (Lipinski definition) is 3. The smallest absolute Gasteiger partial charge is 0.417 e. The molecule has 4 heterocycles. The molecule has 3 aromatic heterocycles. The number of nitrogens with one attached hydrogen (secondary N) is 3. The number of halogens is 4. The number of rotatable bonds is 5. The third-order valence-electron chi connectivity index (χ3n) is 6.81. The summed E-state index contributed by atoms with van der Waals surface area (Å²) in [6.07, 6.45) is -2.25. The fraction of sp³-hybridized carbons (Fsp3) is 0.458. The summed E-state index contributed by atoms with van der Waals surface area (Å²) in [6, 6.07) is 1.41. The third-order valence-corrected chi connectivity index (χ3v) is 8.11. The average Bonchev–Trinajstić information content (AvgIpc) is 3.58. The summed E-state index contributed by atoms with van der Waals surface area (Å²) in [5, 5.41) is 15.1. The van der Waals surface area contributed by atoms with Crippen molar-refractivity contribution in [2.45, 2.75) is 56.4 Å². The summed E-state index contributed by atoms with van der Waals surface area (Å²) in [6.45, 7) is 1.48. The van der Waals surface area contributed by atoms with Crippen molar-refractivity contribution in [3.05, 3.63) is 50.7 Å². The van der Waals surface area contributed by atoms with Crippen molar-refractivity contribution < 1.29 is 32.0 Å². The maximum atomic E-state index is 13.2. The number of alkyl halides is 3.